The molecule has 60 valence electrons. The molecule has 0 saturated heterocycles. The largest absolute Gasteiger partial charge is 0.382 e. The zero-order chi connectivity index (χ0) is 7.98. The van der Waals surface area contributed by atoms with E-state index in [1.165, 1.54) is 0 Å². The van der Waals surface area contributed by atoms with E-state index in [4.69, 9.17) is 5.73 Å². The van der Waals surface area contributed by atoms with Gasteiger partial charge in [0.25, 0.3) is 0 Å². The third kappa shape index (κ3) is 4.35. The summed E-state index contributed by atoms with van der Waals surface area (Å²) in [7, 11) is 0. The lowest BCUT2D eigenvalue weighted by Crippen LogP contribution is -2.47. The van der Waals surface area contributed by atoms with Crippen molar-refractivity contribution in [2.45, 2.75) is 26.3 Å². The SMILES string of the molecule is CCC(CN)N/C=C(/C)[NH3+]. The lowest BCUT2D eigenvalue weighted by Gasteiger charge is -2.11. The van der Waals surface area contributed by atoms with Crippen LogP contribution >= 0.6 is 0 Å². The van der Waals surface area contributed by atoms with Crippen molar-refractivity contribution in [2.75, 3.05) is 6.54 Å². The molecule has 0 aromatic rings. The molecule has 6 N–H and O–H groups in total. The number of hydrogen-bond donors (Lipinski definition) is 3. The number of nitrogens with one attached hydrogen (secondary N) is 1. The van der Waals surface area contributed by atoms with Crippen LogP contribution < -0.4 is 16.8 Å². The zero-order valence-corrected chi connectivity index (χ0v) is 6.85. The Morgan fingerprint density at radius 2 is 2.40 bits per heavy atom. The minimum atomic E-state index is 0.400. The summed E-state index contributed by atoms with van der Waals surface area (Å²) in [5.41, 5.74) is 10.2. The minimum absolute atomic E-state index is 0.400. The van der Waals surface area contributed by atoms with Crippen molar-refractivity contribution in [3.05, 3.63) is 11.9 Å². The fourth-order valence-electron chi connectivity index (χ4n) is 0.613. The topological polar surface area (TPSA) is 65.7 Å². The molecule has 0 aromatic heterocycles. The Morgan fingerprint density at radius 1 is 1.80 bits per heavy atom. The molecule has 0 aliphatic rings. The van der Waals surface area contributed by atoms with Crippen LogP contribution in [-0.4, -0.2) is 12.6 Å². The number of allylic oxidation sites excluding steroid dienone is 1. The second kappa shape index (κ2) is 5.26. The highest BCUT2D eigenvalue weighted by atomic mass is 14.9. The predicted octanol–water partition coefficient (Wildman–Crippen LogP) is -0.583. The van der Waals surface area contributed by atoms with Crippen LogP contribution in [0.2, 0.25) is 0 Å². The highest BCUT2D eigenvalue weighted by molar-refractivity contribution is 4.84. The van der Waals surface area contributed by atoms with Gasteiger partial charge in [-0.25, -0.2) is 0 Å². The van der Waals surface area contributed by atoms with Crippen LogP contribution in [0.4, 0.5) is 0 Å². The van der Waals surface area contributed by atoms with Crippen LogP contribution in [0, 0.1) is 0 Å². The van der Waals surface area contributed by atoms with E-state index in [-0.39, 0.29) is 0 Å². The van der Waals surface area contributed by atoms with E-state index < -0.39 is 0 Å². The maximum absolute atomic E-state index is 5.46. The van der Waals surface area contributed by atoms with Crippen molar-refractivity contribution in [1.82, 2.24) is 5.32 Å². The first-order chi connectivity index (χ1) is 4.70. The molecule has 0 aliphatic carbocycles. The molecule has 0 heterocycles. The summed E-state index contributed by atoms with van der Waals surface area (Å²) in [6.07, 6.45) is 2.96. The van der Waals surface area contributed by atoms with Crippen molar-refractivity contribution in [3.8, 4) is 0 Å². The first kappa shape index (κ1) is 9.46. The fourth-order valence-corrected chi connectivity index (χ4v) is 0.613. The molecular weight excluding hydrogens is 126 g/mol. The van der Waals surface area contributed by atoms with Gasteiger partial charge in [-0.3, -0.25) is 0 Å². The van der Waals surface area contributed by atoms with E-state index in [0.29, 0.717) is 12.6 Å². The molecule has 0 aromatic carbocycles. The lowest BCUT2D eigenvalue weighted by molar-refractivity contribution is -0.302. The van der Waals surface area contributed by atoms with E-state index in [9.17, 15) is 0 Å². The zero-order valence-electron chi connectivity index (χ0n) is 6.85. The van der Waals surface area contributed by atoms with Gasteiger partial charge in [-0.15, -0.1) is 0 Å². The number of rotatable bonds is 4. The summed E-state index contributed by atoms with van der Waals surface area (Å²) >= 11 is 0. The second-order valence-electron chi connectivity index (χ2n) is 2.50. The number of hydrogen-bond acceptors (Lipinski definition) is 2. The van der Waals surface area contributed by atoms with Gasteiger partial charge >= 0.3 is 0 Å². The van der Waals surface area contributed by atoms with E-state index in [2.05, 4.69) is 18.0 Å². The van der Waals surface area contributed by atoms with Crippen LogP contribution in [0.3, 0.4) is 0 Å². The smallest absolute Gasteiger partial charge is 0.117 e. The molecule has 0 spiro atoms. The molecule has 0 radical (unpaired) electrons. The second-order valence-corrected chi connectivity index (χ2v) is 2.50. The van der Waals surface area contributed by atoms with Gasteiger partial charge < -0.3 is 16.8 Å². The number of nitrogens with two attached hydrogens (primary N) is 1. The molecule has 0 amide bonds. The highest BCUT2D eigenvalue weighted by Crippen LogP contribution is 1.86. The van der Waals surface area contributed by atoms with Crippen LogP contribution in [0.15, 0.2) is 11.9 Å². The van der Waals surface area contributed by atoms with Crippen molar-refractivity contribution < 1.29 is 5.73 Å². The quantitative estimate of drug-likeness (QED) is 0.494. The Kier molecular flexibility index (Phi) is 4.98. The Morgan fingerprint density at radius 3 is 2.70 bits per heavy atom. The number of quaternary nitrogens is 1. The summed E-state index contributed by atoms with van der Waals surface area (Å²) in [6, 6.07) is 0.400. The van der Waals surface area contributed by atoms with Gasteiger partial charge in [0.05, 0.1) is 6.20 Å². The van der Waals surface area contributed by atoms with E-state index in [1.54, 1.807) is 0 Å². The molecule has 0 aliphatic heterocycles. The lowest BCUT2D eigenvalue weighted by atomic mass is 10.2. The molecule has 10 heavy (non-hydrogen) atoms. The fraction of sp³-hybridized carbons (Fsp3) is 0.714. The molecular formula is C7H18N3+. The minimum Gasteiger partial charge on any atom is -0.382 e. The molecule has 0 saturated carbocycles. The van der Waals surface area contributed by atoms with Crippen molar-refractivity contribution in [3.63, 3.8) is 0 Å². The Labute approximate surface area is 62.5 Å². The average molecular weight is 144 g/mol. The Bertz CT molecular complexity index is 101. The van der Waals surface area contributed by atoms with E-state index in [1.807, 2.05) is 13.1 Å². The molecule has 3 nitrogen and oxygen atoms in total. The van der Waals surface area contributed by atoms with Gasteiger partial charge in [0.2, 0.25) is 0 Å². The third-order valence-corrected chi connectivity index (χ3v) is 1.34. The molecule has 0 bridgehead atoms. The van der Waals surface area contributed by atoms with Gasteiger partial charge in [-0.05, 0) is 6.42 Å². The first-order valence-electron chi connectivity index (χ1n) is 3.65. The van der Waals surface area contributed by atoms with Crippen LogP contribution in [-0.2, 0) is 0 Å². The van der Waals surface area contributed by atoms with E-state index >= 15 is 0 Å². The van der Waals surface area contributed by atoms with Crippen LogP contribution in [0.5, 0.6) is 0 Å². The summed E-state index contributed by atoms with van der Waals surface area (Å²) in [4.78, 5) is 0. The standard InChI is InChI=1S/C7H17N3/c1-3-7(4-8)10-5-6(2)9/h5,7,10H,3-4,8-9H2,1-2H3/p+1/b6-5-. The van der Waals surface area contributed by atoms with Crippen molar-refractivity contribution in [1.29, 1.82) is 0 Å². The molecule has 0 rings (SSSR count). The molecule has 3 heteroatoms. The Hall–Kier alpha value is -0.540. The summed E-state index contributed by atoms with van der Waals surface area (Å²) in [5.74, 6) is 0. The predicted molar refractivity (Wildman–Crippen MR) is 42.9 cm³/mol. The van der Waals surface area contributed by atoms with Crippen LogP contribution in [0.25, 0.3) is 0 Å². The van der Waals surface area contributed by atoms with Gasteiger partial charge in [0.15, 0.2) is 0 Å². The summed E-state index contributed by atoms with van der Waals surface area (Å²) in [5, 5.41) is 3.17. The van der Waals surface area contributed by atoms with Gasteiger partial charge in [-0.2, -0.15) is 0 Å². The maximum Gasteiger partial charge on any atom is 0.117 e. The van der Waals surface area contributed by atoms with Crippen molar-refractivity contribution >= 4 is 0 Å². The third-order valence-electron chi connectivity index (χ3n) is 1.34. The van der Waals surface area contributed by atoms with Crippen LogP contribution in [0.1, 0.15) is 20.3 Å². The highest BCUT2D eigenvalue weighted by Gasteiger charge is 1.98. The first-order valence-corrected chi connectivity index (χ1v) is 3.65. The van der Waals surface area contributed by atoms with E-state index in [0.717, 1.165) is 12.1 Å². The monoisotopic (exact) mass is 144 g/mol. The maximum atomic E-state index is 5.46. The Balaban J connectivity index is 3.54. The van der Waals surface area contributed by atoms with Gasteiger partial charge in [0, 0.05) is 19.5 Å². The van der Waals surface area contributed by atoms with Gasteiger partial charge in [-0.1, -0.05) is 6.92 Å². The summed E-state index contributed by atoms with van der Waals surface area (Å²) < 4.78 is 0. The van der Waals surface area contributed by atoms with Crippen molar-refractivity contribution in [2.24, 2.45) is 5.73 Å². The molecule has 0 fully saturated rings. The normalized spacial score (nSPS) is 15.0. The average Bonchev–Trinajstić information content (AvgIpc) is 1.90. The molecule has 1 atom stereocenters. The summed E-state index contributed by atoms with van der Waals surface area (Å²) in [6.45, 7) is 4.74. The molecule has 1 unspecified atom stereocenters. The van der Waals surface area contributed by atoms with Gasteiger partial charge in [0.1, 0.15) is 5.70 Å².